The molecule has 0 radical (unpaired) electrons. The molecule has 0 atom stereocenters. The van der Waals surface area contributed by atoms with Crippen LogP contribution in [0, 0.1) is 0 Å². The summed E-state index contributed by atoms with van der Waals surface area (Å²) in [6.07, 6.45) is 2.86. The summed E-state index contributed by atoms with van der Waals surface area (Å²) in [5.41, 5.74) is 13.5. The molecule has 5 heteroatoms. The topological polar surface area (TPSA) is 87.7 Å². The summed E-state index contributed by atoms with van der Waals surface area (Å²) >= 11 is 0. The quantitative estimate of drug-likeness (QED) is 0.677. The van der Waals surface area contributed by atoms with Gasteiger partial charge in [-0.3, -0.25) is 10.2 Å². The van der Waals surface area contributed by atoms with Gasteiger partial charge in [0.2, 0.25) is 11.6 Å². The van der Waals surface area contributed by atoms with Crippen molar-refractivity contribution in [1.29, 1.82) is 0 Å². The molecule has 5 nitrogen and oxygen atoms in total. The molecule has 2 heterocycles. The fraction of sp³-hybridized carbons (Fsp3) is 0.455. The Morgan fingerprint density at radius 1 is 1.30 bits per heavy atom. The van der Waals surface area contributed by atoms with Crippen molar-refractivity contribution in [3.63, 3.8) is 0 Å². The van der Waals surface area contributed by atoms with E-state index in [9.17, 15) is 4.79 Å². The van der Waals surface area contributed by atoms with E-state index in [-0.39, 0.29) is 11.9 Å². The summed E-state index contributed by atoms with van der Waals surface area (Å²) in [5.74, 6) is 0.168. The van der Waals surface area contributed by atoms with Gasteiger partial charge in [0.25, 0.3) is 0 Å². The van der Waals surface area contributed by atoms with Crippen molar-refractivity contribution in [3.8, 4) is 0 Å². The minimum Gasteiger partial charge on any atom is -0.402 e. The van der Waals surface area contributed by atoms with Gasteiger partial charge in [-0.2, -0.15) is 0 Å². The molecule has 4 rings (SSSR count). The normalized spacial score (nSPS) is 20.9. The van der Waals surface area contributed by atoms with E-state index >= 15 is 0 Å². The number of anilines is 1. The molecule has 1 aromatic heterocycles. The number of fused-ring (bicyclic) bond motifs is 4. The highest BCUT2D eigenvalue weighted by molar-refractivity contribution is 6.14. The number of nitrogens with two attached hydrogens (primary N) is 2. The molecular formula is C22H29N4O+. The van der Waals surface area contributed by atoms with Gasteiger partial charge in [-0.25, -0.2) is 0 Å². The zero-order valence-electron chi connectivity index (χ0n) is 16.9. The summed E-state index contributed by atoms with van der Waals surface area (Å²) in [6, 6.07) is 4.45. The number of nitrogens with one attached hydrogen (secondary N) is 1. The second-order valence-electron chi connectivity index (χ2n) is 8.72. The highest BCUT2D eigenvalue weighted by Gasteiger charge is 2.45. The molecule has 142 valence electrons. The molecule has 1 aromatic carbocycles. The number of amides is 1. The molecule has 0 unspecified atom stereocenters. The number of hydrogen-bond donors (Lipinski definition) is 3. The summed E-state index contributed by atoms with van der Waals surface area (Å²) < 4.78 is 0. The summed E-state index contributed by atoms with van der Waals surface area (Å²) in [7, 11) is 0. The lowest BCUT2D eigenvalue weighted by Crippen LogP contribution is -2.42. The Labute approximate surface area is 160 Å². The van der Waals surface area contributed by atoms with E-state index in [0.29, 0.717) is 0 Å². The number of carbonyl (C=O) groups is 1. The molecule has 5 N–H and O–H groups in total. The van der Waals surface area contributed by atoms with Crippen molar-refractivity contribution in [2.75, 3.05) is 4.90 Å². The molecular weight excluding hydrogens is 336 g/mol. The summed E-state index contributed by atoms with van der Waals surface area (Å²) in [4.78, 5) is 18.5. The standard InChI is InChI=1S/C22H28N4O/c1-11(2)26-18-9-15-14-8-6-7-13(12(3)23)19(24)20(14)25-17(15)10-16(18)22(4,5)21(26)27/h9-11,24-25H,6-8,23H2,1-5H3/p+1/b13-12-,24-19?. The summed E-state index contributed by atoms with van der Waals surface area (Å²) in [6.45, 7) is 10.1. The van der Waals surface area contributed by atoms with Gasteiger partial charge in [0.05, 0.1) is 5.41 Å². The van der Waals surface area contributed by atoms with Crippen LogP contribution in [0.1, 0.15) is 64.3 Å². The molecule has 2 aromatic rings. The van der Waals surface area contributed by atoms with Gasteiger partial charge in [0, 0.05) is 33.9 Å². The number of allylic oxidation sites excluding steroid dienone is 2. The smallest absolute Gasteiger partial charge is 0.237 e. The number of benzene rings is 1. The van der Waals surface area contributed by atoms with Crippen LogP contribution < -0.4 is 16.0 Å². The first-order valence-electron chi connectivity index (χ1n) is 9.75. The van der Waals surface area contributed by atoms with Crippen LogP contribution in [0.15, 0.2) is 23.4 Å². The molecule has 0 fully saturated rings. The van der Waals surface area contributed by atoms with E-state index in [1.165, 1.54) is 10.9 Å². The second-order valence-corrected chi connectivity index (χ2v) is 8.72. The maximum Gasteiger partial charge on any atom is 0.237 e. The van der Waals surface area contributed by atoms with Gasteiger partial charge < -0.3 is 15.6 Å². The lowest BCUT2D eigenvalue weighted by Gasteiger charge is -2.24. The van der Waals surface area contributed by atoms with Gasteiger partial charge in [-0.05, 0) is 77.1 Å². The lowest BCUT2D eigenvalue weighted by molar-refractivity contribution is -0.122. The number of rotatable bonds is 1. The van der Waals surface area contributed by atoms with E-state index < -0.39 is 5.41 Å². The van der Waals surface area contributed by atoms with Gasteiger partial charge in [0.1, 0.15) is 5.69 Å². The third-order valence-electron chi connectivity index (χ3n) is 6.15. The number of carbonyl (C=O) groups excluding carboxylic acids is 1. The van der Waals surface area contributed by atoms with E-state index in [1.54, 1.807) is 0 Å². The highest BCUT2D eigenvalue weighted by atomic mass is 16.2. The minimum absolute atomic E-state index is 0.124. The van der Waals surface area contributed by atoms with Crippen molar-refractivity contribution >= 4 is 28.2 Å². The van der Waals surface area contributed by atoms with Gasteiger partial charge >= 0.3 is 0 Å². The molecule has 1 amide bonds. The van der Waals surface area contributed by atoms with E-state index in [0.717, 1.165) is 58.7 Å². The van der Waals surface area contributed by atoms with E-state index in [4.69, 9.17) is 11.1 Å². The Morgan fingerprint density at radius 3 is 2.63 bits per heavy atom. The molecule has 1 aliphatic heterocycles. The van der Waals surface area contributed by atoms with Crippen LogP contribution in [0.5, 0.6) is 0 Å². The van der Waals surface area contributed by atoms with Crippen LogP contribution in [0.25, 0.3) is 10.9 Å². The SMILES string of the molecule is C/C(N)=C1\CCCc2c([nH]c3cc4c(cc23)N(C(C)C)C(=O)C4(C)C)C1=[NH2+]. The molecule has 0 saturated carbocycles. The van der Waals surface area contributed by atoms with Crippen molar-refractivity contribution in [2.45, 2.75) is 65.3 Å². The number of aryl methyl sites for hydroxylation is 1. The lowest BCUT2D eigenvalue weighted by atomic mass is 9.85. The first-order valence-corrected chi connectivity index (χ1v) is 9.75. The first-order chi connectivity index (χ1) is 12.6. The average Bonchev–Trinajstić information content (AvgIpc) is 2.96. The molecule has 0 spiro atoms. The van der Waals surface area contributed by atoms with E-state index in [2.05, 4.69) is 31.0 Å². The highest BCUT2D eigenvalue weighted by Crippen LogP contribution is 2.45. The predicted molar refractivity (Wildman–Crippen MR) is 110 cm³/mol. The number of nitrogens with zero attached hydrogens (tertiary/aromatic N) is 1. The van der Waals surface area contributed by atoms with Crippen molar-refractivity contribution in [2.24, 2.45) is 5.73 Å². The van der Waals surface area contributed by atoms with Crippen LogP contribution >= 0.6 is 0 Å². The van der Waals surface area contributed by atoms with Gasteiger partial charge in [-0.15, -0.1) is 0 Å². The Balaban J connectivity index is 1.98. The fourth-order valence-electron chi connectivity index (χ4n) is 4.65. The van der Waals surface area contributed by atoms with Crippen LogP contribution in [-0.4, -0.2) is 22.6 Å². The molecule has 27 heavy (non-hydrogen) atoms. The predicted octanol–water partition coefficient (Wildman–Crippen LogP) is 2.32. The van der Waals surface area contributed by atoms with Crippen LogP contribution in [0.2, 0.25) is 0 Å². The Kier molecular flexibility index (Phi) is 3.78. The largest absolute Gasteiger partial charge is 0.402 e. The Morgan fingerprint density at radius 2 is 2.00 bits per heavy atom. The maximum atomic E-state index is 13.0. The van der Waals surface area contributed by atoms with Crippen molar-refractivity contribution in [3.05, 3.63) is 40.2 Å². The van der Waals surface area contributed by atoms with Crippen LogP contribution in [0.4, 0.5) is 5.69 Å². The second kappa shape index (κ2) is 5.72. The monoisotopic (exact) mass is 365 g/mol. The van der Waals surface area contributed by atoms with Crippen LogP contribution in [0.3, 0.4) is 0 Å². The van der Waals surface area contributed by atoms with Crippen LogP contribution in [-0.2, 0) is 16.6 Å². The minimum atomic E-state index is -0.523. The molecule has 1 aliphatic carbocycles. The Bertz CT molecular complexity index is 1020. The first kappa shape index (κ1) is 17.8. The fourth-order valence-corrected chi connectivity index (χ4v) is 4.65. The van der Waals surface area contributed by atoms with Gasteiger partial charge in [0.15, 0.2) is 0 Å². The number of aromatic amines is 1. The van der Waals surface area contributed by atoms with E-state index in [1.807, 2.05) is 25.7 Å². The third kappa shape index (κ3) is 2.37. The van der Waals surface area contributed by atoms with Crippen molar-refractivity contribution < 1.29 is 10.2 Å². The zero-order chi connectivity index (χ0) is 19.7. The molecule has 0 bridgehead atoms. The van der Waals surface area contributed by atoms with Crippen molar-refractivity contribution in [1.82, 2.24) is 4.98 Å². The third-order valence-corrected chi connectivity index (χ3v) is 6.15. The molecule has 2 aliphatic rings. The Hall–Kier alpha value is -2.56. The van der Waals surface area contributed by atoms with Gasteiger partial charge in [-0.1, -0.05) is 0 Å². The number of hydrogen-bond acceptors (Lipinski definition) is 2. The maximum absolute atomic E-state index is 13.0. The summed E-state index contributed by atoms with van der Waals surface area (Å²) in [5, 5.41) is 7.68. The molecule has 0 saturated heterocycles. The number of aromatic nitrogens is 1. The average molecular weight is 366 g/mol. The number of H-pyrrole nitrogens is 1. The zero-order valence-corrected chi connectivity index (χ0v) is 16.9.